The third-order valence-electron chi connectivity index (χ3n) is 5.95. The SMILES string of the molecule is Cc1cc(C)n(Cc2cccc(C(=O)N3CCC(C(=O)NCc4cccnc4)CC3)c2)n1. The van der Waals surface area contributed by atoms with Crippen molar-refractivity contribution in [2.24, 2.45) is 5.92 Å². The van der Waals surface area contributed by atoms with Gasteiger partial charge in [-0.2, -0.15) is 5.10 Å². The number of rotatable bonds is 6. The summed E-state index contributed by atoms with van der Waals surface area (Å²) < 4.78 is 1.95. The molecule has 166 valence electrons. The molecule has 0 radical (unpaired) electrons. The van der Waals surface area contributed by atoms with E-state index in [0.29, 0.717) is 44.6 Å². The van der Waals surface area contributed by atoms with E-state index in [-0.39, 0.29) is 17.7 Å². The second-order valence-electron chi connectivity index (χ2n) is 8.43. The van der Waals surface area contributed by atoms with E-state index >= 15 is 0 Å². The largest absolute Gasteiger partial charge is 0.352 e. The maximum Gasteiger partial charge on any atom is 0.253 e. The zero-order valence-corrected chi connectivity index (χ0v) is 18.6. The fourth-order valence-electron chi connectivity index (χ4n) is 4.17. The molecule has 3 heterocycles. The minimum absolute atomic E-state index is 0.0226. The smallest absolute Gasteiger partial charge is 0.253 e. The van der Waals surface area contributed by atoms with Gasteiger partial charge in [-0.1, -0.05) is 18.2 Å². The second kappa shape index (κ2) is 9.77. The van der Waals surface area contributed by atoms with Crippen LogP contribution >= 0.6 is 0 Å². The number of amides is 2. The number of nitrogens with one attached hydrogen (secondary N) is 1. The number of hydrogen-bond acceptors (Lipinski definition) is 4. The Kier molecular flexibility index (Phi) is 6.63. The molecule has 1 aliphatic rings. The number of aromatic nitrogens is 3. The van der Waals surface area contributed by atoms with Crippen molar-refractivity contribution in [2.45, 2.75) is 39.8 Å². The Morgan fingerprint density at radius 3 is 2.53 bits per heavy atom. The number of carbonyl (C=O) groups is 2. The summed E-state index contributed by atoms with van der Waals surface area (Å²) in [5.74, 6) is 0.00959. The Morgan fingerprint density at radius 1 is 1.06 bits per heavy atom. The van der Waals surface area contributed by atoms with Crippen LogP contribution in [0.1, 0.15) is 45.7 Å². The molecule has 7 nitrogen and oxygen atoms in total. The molecule has 3 aromatic rings. The van der Waals surface area contributed by atoms with E-state index in [1.54, 1.807) is 12.4 Å². The molecule has 1 aliphatic heterocycles. The molecule has 0 bridgehead atoms. The fourth-order valence-corrected chi connectivity index (χ4v) is 4.17. The fraction of sp³-hybridized carbons (Fsp3) is 0.360. The third-order valence-corrected chi connectivity index (χ3v) is 5.95. The number of carbonyl (C=O) groups excluding carboxylic acids is 2. The van der Waals surface area contributed by atoms with Gasteiger partial charge in [-0.05, 0) is 62.1 Å². The minimum atomic E-state index is -0.0620. The van der Waals surface area contributed by atoms with E-state index in [4.69, 9.17) is 0 Å². The monoisotopic (exact) mass is 431 g/mol. The molecule has 1 fully saturated rings. The minimum Gasteiger partial charge on any atom is -0.352 e. The lowest BCUT2D eigenvalue weighted by molar-refractivity contribution is -0.126. The van der Waals surface area contributed by atoms with E-state index in [1.165, 1.54) is 0 Å². The van der Waals surface area contributed by atoms with Crippen molar-refractivity contribution in [1.29, 1.82) is 0 Å². The maximum absolute atomic E-state index is 13.1. The Morgan fingerprint density at radius 2 is 1.84 bits per heavy atom. The van der Waals surface area contributed by atoms with Gasteiger partial charge in [0.15, 0.2) is 0 Å². The van der Waals surface area contributed by atoms with Crippen LogP contribution in [0.2, 0.25) is 0 Å². The van der Waals surface area contributed by atoms with Crippen molar-refractivity contribution in [3.05, 3.63) is 82.9 Å². The normalized spacial score (nSPS) is 14.4. The van der Waals surface area contributed by atoms with Gasteiger partial charge in [-0.15, -0.1) is 0 Å². The molecule has 4 rings (SSSR count). The molecule has 1 aromatic carbocycles. The molecular weight excluding hydrogens is 402 g/mol. The summed E-state index contributed by atoms with van der Waals surface area (Å²) in [6.45, 7) is 6.31. The predicted molar refractivity (Wildman–Crippen MR) is 122 cm³/mol. The maximum atomic E-state index is 13.1. The lowest BCUT2D eigenvalue weighted by Crippen LogP contribution is -2.43. The second-order valence-corrected chi connectivity index (χ2v) is 8.43. The number of likely N-dealkylation sites (tertiary alicyclic amines) is 1. The Labute approximate surface area is 188 Å². The molecule has 1 saturated heterocycles. The number of pyridine rings is 1. The van der Waals surface area contributed by atoms with E-state index in [0.717, 1.165) is 22.5 Å². The van der Waals surface area contributed by atoms with Crippen LogP contribution in [0.5, 0.6) is 0 Å². The van der Waals surface area contributed by atoms with Crippen molar-refractivity contribution in [2.75, 3.05) is 13.1 Å². The number of piperidine rings is 1. The lowest BCUT2D eigenvalue weighted by Gasteiger charge is -2.31. The van der Waals surface area contributed by atoms with Crippen molar-refractivity contribution in [3.63, 3.8) is 0 Å². The topological polar surface area (TPSA) is 80.1 Å². The average molecular weight is 432 g/mol. The number of benzene rings is 1. The Balaban J connectivity index is 1.31. The Bertz CT molecular complexity index is 1080. The highest BCUT2D eigenvalue weighted by Crippen LogP contribution is 2.20. The van der Waals surface area contributed by atoms with Gasteiger partial charge in [0.05, 0.1) is 12.2 Å². The summed E-state index contributed by atoms with van der Waals surface area (Å²) in [6.07, 6.45) is 4.82. The number of nitrogens with zero attached hydrogens (tertiary/aromatic N) is 4. The molecular formula is C25H29N5O2. The van der Waals surface area contributed by atoms with Crippen LogP contribution in [0, 0.1) is 19.8 Å². The van der Waals surface area contributed by atoms with Crippen LogP contribution in [0.15, 0.2) is 54.9 Å². The summed E-state index contributed by atoms with van der Waals surface area (Å²) in [5, 5.41) is 7.50. The molecule has 0 atom stereocenters. The van der Waals surface area contributed by atoms with Crippen molar-refractivity contribution in [1.82, 2.24) is 25.0 Å². The summed E-state index contributed by atoms with van der Waals surface area (Å²) in [4.78, 5) is 31.5. The van der Waals surface area contributed by atoms with Gasteiger partial charge in [0.1, 0.15) is 0 Å². The predicted octanol–water partition coefficient (Wildman–Crippen LogP) is 3.11. The molecule has 0 unspecified atom stereocenters. The molecule has 0 spiro atoms. The zero-order chi connectivity index (χ0) is 22.5. The molecule has 0 aliphatic carbocycles. The first-order chi connectivity index (χ1) is 15.5. The number of aryl methyl sites for hydroxylation is 2. The molecule has 2 aromatic heterocycles. The highest BCUT2D eigenvalue weighted by atomic mass is 16.2. The third kappa shape index (κ3) is 5.22. The van der Waals surface area contributed by atoms with Crippen molar-refractivity contribution in [3.8, 4) is 0 Å². The average Bonchev–Trinajstić information content (AvgIpc) is 3.14. The summed E-state index contributed by atoms with van der Waals surface area (Å²) in [6, 6.07) is 13.6. The van der Waals surface area contributed by atoms with Gasteiger partial charge in [0.2, 0.25) is 5.91 Å². The zero-order valence-electron chi connectivity index (χ0n) is 18.6. The van der Waals surface area contributed by atoms with Crippen LogP contribution in [-0.4, -0.2) is 44.6 Å². The van der Waals surface area contributed by atoms with Gasteiger partial charge >= 0.3 is 0 Å². The highest BCUT2D eigenvalue weighted by Gasteiger charge is 2.27. The van der Waals surface area contributed by atoms with E-state index in [2.05, 4.69) is 15.4 Å². The van der Waals surface area contributed by atoms with Crippen LogP contribution in [-0.2, 0) is 17.9 Å². The van der Waals surface area contributed by atoms with Crippen LogP contribution in [0.3, 0.4) is 0 Å². The molecule has 2 amide bonds. The Hall–Kier alpha value is -3.48. The van der Waals surface area contributed by atoms with Gasteiger partial charge in [-0.3, -0.25) is 19.3 Å². The summed E-state index contributed by atoms with van der Waals surface area (Å²) >= 11 is 0. The van der Waals surface area contributed by atoms with Gasteiger partial charge < -0.3 is 10.2 Å². The van der Waals surface area contributed by atoms with E-state index in [9.17, 15) is 9.59 Å². The first kappa shape index (κ1) is 21.7. The number of hydrogen-bond donors (Lipinski definition) is 1. The first-order valence-electron chi connectivity index (χ1n) is 11.1. The first-order valence-corrected chi connectivity index (χ1v) is 11.1. The van der Waals surface area contributed by atoms with Crippen molar-refractivity contribution >= 4 is 11.8 Å². The van der Waals surface area contributed by atoms with E-state index < -0.39 is 0 Å². The molecule has 0 saturated carbocycles. The van der Waals surface area contributed by atoms with Gasteiger partial charge in [0, 0.05) is 49.2 Å². The van der Waals surface area contributed by atoms with Crippen molar-refractivity contribution < 1.29 is 9.59 Å². The molecule has 7 heteroatoms. The quantitative estimate of drug-likeness (QED) is 0.650. The van der Waals surface area contributed by atoms with Crippen LogP contribution in [0.25, 0.3) is 0 Å². The van der Waals surface area contributed by atoms with Gasteiger partial charge in [0.25, 0.3) is 5.91 Å². The molecule has 1 N–H and O–H groups in total. The lowest BCUT2D eigenvalue weighted by atomic mass is 9.95. The summed E-state index contributed by atoms with van der Waals surface area (Å²) in [5.41, 5.74) is 4.80. The van der Waals surface area contributed by atoms with Crippen LogP contribution < -0.4 is 5.32 Å². The summed E-state index contributed by atoms with van der Waals surface area (Å²) in [7, 11) is 0. The standard InChI is InChI=1S/C25H29N5O2/c1-18-13-19(2)30(28-18)17-20-5-3-7-23(14-20)25(32)29-11-8-22(9-12-29)24(31)27-16-21-6-4-10-26-15-21/h3-7,10,13-15,22H,8-9,11-12,16-17H2,1-2H3,(H,27,31). The van der Waals surface area contributed by atoms with E-state index in [1.807, 2.05) is 65.9 Å². The molecule has 32 heavy (non-hydrogen) atoms. The highest BCUT2D eigenvalue weighted by molar-refractivity contribution is 5.94. The van der Waals surface area contributed by atoms with Gasteiger partial charge in [-0.25, -0.2) is 0 Å². The van der Waals surface area contributed by atoms with Crippen LogP contribution in [0.4, 0.5) is 0 Å².